The van der Waals surface area contributed by atoms with Crippen molar-refractivity contribution >= 4 is 11.9 Å². The summed E-state index contributed by atoms with van der Waals surface area (Å²) in [6.07, 6.45) is 5.10. The molecule has 0 aromatic carbocycles. The molecule has 0 unspecified atom stereocenters. The number of nitrogens with zero attached hydrogens (tertiary/aromatic N) is 4. The van der Waals surface area contributed by atoms with Gasteiger partial charge in [0, 0.05) is 19.2 Å². The number of likely N-dealkylation sites (tertiary alicyclic amines) is 1. The zero-order valence-corrected chi connectivity index (χ0v) is 12.8. The molecule has 1 aromatic rings. The number of ether oxygens (including phenoxy) is 1. The predicted octanol–water partition coefficient (Wildman–Crippen LogP) is 1.00. The van der Waals surface area contributed by atoms with Gasteiger partial charge in [-0.2, -0.15) is 0 Å². The molecule has 0 spiro atoms. The summed E-state index contributed by atoms with van der Waals surface area (Å²) in [5.41, 5.74) is -0.533. The van der Waals surface area contributed by atoms with Gasteiger partial charge in [0.1, 0.15) is 11.6 Å². The maximum Gasteiger partial charge on any atom is 0.329 e. The Labute approximate surface area is 124 Å². The van der Waals surface area contributed by atoms with Crippen LogP contribution in [0.3, 0.4) is 0 Å². The van der Waals surface area contributed by atoms with Gasteiger partial charge < -0.3 is 9.64 Å². The van der Waals surface area contributed by atoms with Gasteiger partial charge >= 0.3 is 5.97 Å². The molecule has 21 heavy (non-hydrogen) atoms. The van der Waals surface area contributed by atoms with Crippen LogP contribution in [0.5, 0.6) is 0 Å². The highest BCUT2D eigenvalue weighted by molar-refractivity contribution is 5.85. The van der Waals surface area contributed by atoms with Crippen molar-refractivity contribution in [2.24, 2.45) is 0 Å². The van der Waals surface area contributed by atoms with Crippen LogP contribution in [-0.2, 0) is 20.9 Å². The first-order valence-electron chi connectivity index (χ1n) is 7.23. The highest BCUT2D eigenvalue weighted by Crippen LogP contribution is 2.22. The van der Waals surface area contributed by atoms with E-state index in [-0.39, 0.29) is 11.9 Å². The second-order valence-corrected chi connectivity index (χ2v) is 6.19. The van der Waals surface area contributed by atoms with Crippen LogP contribution in [-0.4, -0.2) is 50.0 Å². The molecule has 1 saturated heterocycles. The minimum atomic E-state index is -0.533. The molecule has 1 aliphatic heterocycles. The molecule has 0 radical (unpaired) electrons. The topological polar surface area (TPSA) is 77.3 Å². The van der Waals surface area contributed by atoms with Crippen molar-refractivity contribution in [3.63, 3.8) is 0 Å². The fraction of sp³-hybridized carbons (Fsp3) is 0.714. The Hall–Kier alpha value is -1.92. The summed E-state index contributed by atoms with van der Waals surface area (Å²) in [6.45, 7) is 6.57. The zero-order valence-electron chi connectivity index (χ0n) is 12.8. The normalized spacial score (nSPS) is 18.8. The molecule has 0 saturated carbocycles. The first-order valence-corrected chi connectivity index (χ1v) is 7.23. The number of hydrogen-bond donors (Lipinski definition) is 0. The van der Waals surface area contributed by atoms with Crippen molar-refractivity contribution < 1.29 is 14.3 Å². The van der Waals surface area contributed by atoms with Crippen LogP contribution in [0.1, 0.15) is 40.0 Å². The van der Waals surface area contributed by atoms with Crippen LogP contribution in [0.2, 0.25) is 0 Å². The van der Waals surface area contributed by atoms with Crippen molar-refractivity contribution in [3.05, 3.63) is 12.4 Å². The van der Waals surface area contributed by atoms with E-state index in [0.29, 0.717) is 25.9 Å². The van der Waals surface area contributed by atoms with Gasteiger partial charge in [-0.15, -0.1) is 5.10 Å². The van der Waals surface area contributed by atoms with Gasteiger partial charge in [-0.1, -0.05) is 5.21 Å². The maximum absolute atomic E-state index is 12.3. The Morgan fingerprint density at radius 1 is 1.38 bits per heavy atom. The molecule has 116 valence electrons. The molecule has 1 fully saturated rings. The van der Waals surface area contributed by atoms with Gasteiger partial charge in [-0.25, -0.2) is 4.79 Å². The van der Waals surface area contributed by atoms with Crippen LogP contribution in [0.25, 0.3) is 0 Å². The van der Waals surface area contributed by atoms with E-state index < -0.39 is 11.6 Å². The summed E-state index contributed by atoms with van der Waals surface area (Å²) >= 11 is 0. The zero-order chi connectivity index (χ0) is 15.5. The Morgan fingerprint density at radius 2 is 2.14 bits per heavy atom. The average Bonchev–Trinajstić information content (AvgIpc) is 3.05. The minimum absolute atomic E-state index is 0.0427. The lowest BCUT2D eigenvalue weighted by molar-refractivity contribution is -0.163. The van der Waals surface area contributed by atoms with Gasteiger partial charge in [0.2, 0.25) is 5.91 Å². The van der Waals surface area contributed by atoms with Gasteiger partial charge in [-0.3, -0.25) is 9.48 Å². The molecule has 0 N–H and O–H groups in total. The van der Waals surface area contributed by atoms with Crippen molar-refractivity contribution in [2.75, 3.05) is 6.54 Å². The highest BCUT2D eigenvalue weighted by atomic mass is 16.6. The van der Waals surface area contributed by atoms with Crippen molar-refractivity contribution in [1.29, 1.82) is 0 Å². The van der Waals surface area contributed by atoms with E-state index in [9.17, 15) is 9.59 Å². The van der Waals surface area contributed by atoms with E-state index in [1.54, 1.807) is 22.0 Å². The third kappa shape index (κ3) is 4.27. The molecule has 1 atom stereocenters. The molecule has 1 aromatic heterocycles. The fourth-order valence-corrected chi connectivity index (χ4v) is 2.39. The van der Waals surface area contributed by atoms with Crippen LogP contribution in [0.15, 0.2) is 12.4 Å². The van der Waals surface area contributed by atoms with Gasteiger partial charge in [0.05, 0.1) is 12.7 Å². The van der Waals surface area contributed by atoms with Crippen LogP contribution >= 0.6 is 0 Å². The number of amides is 1. The summed E-state index contributed by atoms with van der Waals surface area (Å²) in [5, 5.41) is 7.52. The Kier molecular flexibility index (Phi) is 4.59. The highest BCUT2D eigenvalue weighted by Gasteiger charge is 2.36. The number of esters is 1. The number of rotatable bonds is 4. The van der Waals surface area contributed by atoms with Crippen molar-refractivity contribution in [3.8, 4) is 0 Å². The molecule has 7 nitrogen and oxygen atoms in total. The van der Waals surface area contributed by atoms with Crippen LogP contribution < -0.4 is 0 Å². The quantitative estimate of drug-likeness (QED) is 0.774. The number of carbonyl (C=O) groups excluding carboxylic acids is 2. The van der Waals surface area contributed by atoms with E-state index in [1.807, 2.05) is 20.8 Å². The average molecular weight is 294 g/mol. The molecule has 1 amide bonds. The summed E-state index contributed by atoms with van der Waals surface area (Å²) < 4.78 is 7.00. The monoisotopic (exact) mass is 294 g/mol. The summed E-state index contributed by atoms with van der Waals surface area (Å²) in [6, 6.07) is -0.451. The Bertz CT molecular complexity index is 493. The van der Waals surface area contributed by atoms with Crippen molar-refractivity contribution in [1.82, 2.24) is 19.9 Å². The largest absolute Gasteiger partial charge is 0.458 e. The SMILES string of the molecule is CC(C)(C)OC(=O)[C@@H]1CCCN1C(=O)CCn1ccnn1. The number of aryl methyl sites for hydroxylation is 1. The maximum atomic E-state index is 12.3. The molecule has 0 bridgehead atoms. The third-order valence-electron chi connectivity index (χ3n) is 3.28. The smallest absolute Gasteiger partial charge is 0.329 e. The predicted molar refractivity (Wildman–Crippen MR) is 75.2 cm³/mol. The number of carbonyl (C=O) groups is 2. The van der Waals surface area contributed by atoms with E-state index in [2.05, 4.69) is 10.3 Å². The molecular weight excluding hydrogens is 272 g/mol. The minimum Gasteiger partial charge on any atom is -0.458 e. The lowest BCUT2D eigenvalue weighted by Gasteiger charge is -2.27. The third-order valence-corrected chi connectivity index (χ3v) is 3.28. The van der Waals surface area contributed by atoms with E-state index >= 15 is 0 Å². The fourth-order valence-electron chi connectivity index (χ4n) is 2.39. The van der Waals surface area contributed by atoms with Crippen LogP contribution in [0, 0.1) is 0 Å². The second-order valence-electron chi connectivity index (χ2n) is 6.19. The Morgan fingerprint density at radius 3 is 2.76 bits per heavy atom. The number of aromatic nitrogens is 3. The van der Waals surface area contributed by atoms with E-state index in [1.165, 1.54) is 0 Å². The molecule has 1 aliphatic rings. The van der Waals surface area contributed by atoms with Gasteiger partial charge in [0.25, 0.3) is 0 Å². The van der Waals surface area contributed by atoms with Gasteiger partial charge in [-0.05, 0) is 33.6 Å². The molecule has 7 heteroatoms. The summed E-state index contributed by atoms with van der Waals surface area (Å²) in [5.74, 6) is -0.354. The lowest BCUT2D eigenvalue weighted by Crippen LogP contribution is -2.43. The van der Waals surface area contributed by atoms with E-state index in [4.69, 9.17) is 4.74 Å². The second kappa shape index (κ2) is 6.24. The number of hydrogen-bond acceptors (Lipinski definition) is 5. The molecule has 2 rings (SSSR count). The van der Waals surface area contributed by atoms with Crippen molar-refractivity contribution in [2.45, 2.75) is 58.2 Å². The Balaban J connectivity index is 1.91. The summed E-state index contributed by atoms with van der Waals surface area (Å²) in [7, 11) is 0. The lowest BCUT2D eigenvalue weighted by atomic mass is 10.1. The van der Waals surface area contributed by atoms with E-state index in [0.717, 1.165) is 6.42 Å². The van der Waals surface area contributed by atoms with Crippen LogP contribution in [0.4, 0.5) is 0 Å². The van der Waals surface area contributed by atoms with Gasteiger partial charge in [0.15, 0.2) is 0 Å². The first-order chi connectivity index (χ1) is 9.87. The first kappa shape index (κ1) is 15.5. The standard InChI is InChI=1S/C14H22N4O3/c1-14(2,3)21-13(20)11-5-4-8-18(11)12(19)6-9-17-10-7-15-16-17/h7,10-11H,4-6,8-9H2,1-3H3/t11-/m0/s1. The molecular formula is C14H22N4O3. The molecule has 0 aliphatic carbocycles. The molecule has 2 heterocycles. The summed E-state index contributed by atoms with van der Waals surface area (Å²) in [4.78, 5) is 26.1.